The lowest BCUT2D eigenvalue weighted by atomic mass is 10.1. The third-order valence-electron chi connectivity index (χ3n) is 8.15. The second-order valence-corrected chi connectivity index (χ2v) is 12.4. The number of carboxylic acids is 1. The van der Waals surface area contributed by atoms with Crippen LogP contribution in [0.3, 0.4) is 0 Å². The normalized spacial score (nSPS) is 14.8. The number of rotatable bonds is 26. The number of carboxylic acid groups (broad SMARTS) is 1. The molecular formula is C41H60N4O4. The van der Waals surface area contributed by atoms with E-state index in [1.54, 1.807) is 0 Å². The fraction of sp³-hybridized carbons (Fsp3) is 0.512. The van der Waals surface area contributed by atoms with E-state index in [4.69, 9.17) is 0 Å². The van der Waals surface area contributed by atoms with Crippen molar-refractivity contribution in [3.05, 3.63) is 96.4 Å². The van der Waals surface area contributed by atoms with Crippen molar-refractivity contribution < 1.29 is 19.5 Å². The molecule has 0 aromatic carbocycles. The van der Waals surface area contributed by atoms with Gasteiger partial charge in [-0.2, -0.15) is 0 Å². The number of nitrogens with one attached hydrogen (secondary N) is 2. The summed E-state index contributed by atoms with van der Waals surface area (Å²) < 4.78 is 0. The number of likely N-dealkylation sites (tertiary alicyclic amines) is 1. The number of nitrogens with zero attached hydrogens (tertiary/aromatic N) is 2. The Kier molecular flexibility index (Phi) is 23.4. The maximum atomic E-state index is 12.3. The Morgan fingerprint density at radius 2 is 1.49 bits per heavy atom. The minimum Gasteiger partial charge on any atom is -0.480 e. The molecule has 0 bridgehead atoms. The maximum absolute atomic E-state index is 12.3. The van der Waals surface area contributed by atoms with Gasteiger partial charge in [0.05, 0.1) is 0 Å². The molecule has 2 amide bonds. The highest BCUT2D eigenvalue weighted by Crippen LogP contribution is 2.10. The maximum Gasteiger partial charge on any atom is 0.326 e. The van der Waals surface area contributed by atoms with Crippen LogP contribution in [0, 0.1) is 0 Å². The molecule has 8 nitrogen and oxygen atoms in total. The van der Waals surface area contributed by atoms with Gasteiger partial charge >= 0.3 is 5.97 Å². The van der Waals surface area contributed by atoms with Crippen LogP contribution in [0.2, 0.25) is 0 Å². The van der Waals surface area contributed by atoms with E-state index in [9.17, 15) is 19.5 Å². The molecule has 0 radical (unpaired) electrons. The lowest BCUT2D eigenvalue weighted by molar-refractivity contribution is -0.142. The smallest absolute Gasteiger partial charge is 0.326 e. The average Bonchev–Trinajstić information content (AvgIpc) is 3.62. The van der Waals surface area contributed by atoms with Gasteiger partial charge in [-0.1, -0.05) is 85.9 Å². The predicted octanol–water partition coefficient (Wildman–Crippen LogP) is 7.90. The Balaban J connectivity index is 1.48. The fourth-order valence-corrected chi connectivity index (χ4v) is 5.31. The largest absolute Gasteiger partial charge is 0.480 e. The summed E-state index contributed by atoms with van der Waals surface area (Å²) in [4.78, 5) is 43.2. The van der Waals surface area contributed by atoms with Crippen molar-refractivity contribution >= 4 is 23.9 Å². The first kappa shape index (κ1) is 41.1. The molecule has 1 aromatic heterocycles. The van der Waals surface area contributed by atoms with Crippen molar-refractivity contribution in [3.63, 3.8) is 0 Å². The quantitative estimate of drug-likeness (QED) is 0.0682. The zero-order valence-corrected chi connectivity index (χ0v) is 29.7. The van der Waals surface area contributed by atoms with Crippen molar-refractivity contribution in [1.29, 1.82) is 0 Å². The van der Waals surface area contributed by atoms with Gasteiger partial charge in [-0.3, -0.25) is 14.6 Å². The number of aromatic nitrogens is 1. The minimum absolute atomic E-state index is 0.0814. The van der Waals surface area contributed by atoms with Crippen LogP contribution in [0.15, 0.2) is 85.2 Å². The third kappa shape index (κ3) is 22.3. The Morgan fingerprint density at radius 3 is 2.10 bits per heavy atom. The second-order valence-electron chi connectivity index (χ2n) is 12.4. The molecule has 0 spiro atoms. The van der Waals surface area contributed by atoms with Crippen LogP contribution in [0.5, 0.6) is 0 Å². The summed E-state index contributed by atoms with van der Waals surface area (Å²) in [7, 11) is 0. The molecule has 2 rings (SSSR count). The standard InChI is InChI=1S/C41H60N4O4/c1-2-3-4-5-6-7-8-9-10-11-12-13-14-15-16-17-18-26-40(47)44-38(41(48)49)25-19-20-31-42-39(46)27-23-24-36-28-29-37(43-35-36)30-34-45-32-21-22-33-45/h3-4,6-7,9-10,12-13,15-16,23-24,28-29,35,38H,2,5,8,11,14,17-22,25-27,30-34H2,1H3,(H,42,46)(H,44,47)(H,48,49)/t38-/m0/s1. The minimum atomic E-state index is -1.03. The van der Waals surface area contributed by atoms with Crippen LogP contribution < -0.4 is 10.6 Å². The zero-order valence-electron chi connectivity index (χ0n) is 29.7. The van der Waals surface area contributed by atoms with E-state index in [1.165, 1.54) is 25.9 Å². The number of hydrogen-bond acceptors (Lipinski definition) is 5. The molecule has 1 aromatic rings. The monoisotopic (exact) mass is 672 g/mol. The van der Waals surface area contributed by atoms with Gasteiger partial charge in [0.2, 0.25) is 11.8 Å². The fourth-order valence-electron chi connectivity index (χ4n) is 5.31. The average molecular weight is 673 g/mol. The van der Waals surface area contributed by atoms with Gasteiger partial charge in [0.25, 0.3) is 0 Å². The topological polar surface area (TPSA) is 112 Å². The van der Waals surface area contributed by atoms with Crippen LogP contribution in [-0.4, -0.2) is 65.0 Å². The van der Waals surface area contributed by atoms with E-state index >= 15 is 0 Å². The number of carbonyl (C=O) groups excluding carboxylic acids is 2. The first-order valence-electron chi connectivity index (χ1n) is 18.4. The van der Waals surface area contributed by atoms with Crippen molar-refractivity contribution in [2.24, 2.45) is 0 Å². The SMILES string of the molecule is CCC=CCC=CCC=CCC=CCC=CCCCC(=O)N[C@@H](CCCCNC(=O)CC=Cc1ccc(CCN2CCCC2)nc1)C(=O)O. The van der Waals surface area contributed by atoms with Gasteiger partial charge in [0.15, 0.2) is 0 Å². The van der Waals surface area contributed by atoms with E-state index in [1.807, 2.05) is 24.4 Å². The predicted molar refractivity (Wildman–Crippen MR) is 202 cm³/mol. The first-order chi connectivity index (χ1) is 24.0. The van der Waals surface area contributed by atoms with E-state index in [0.717, 1.165) is 62.7 Å². The summed E-state index contributed by atoms with van der Waals surface area (Å²) in [5.41, 5.74) is 2.05. The molecule has 1 saturated heterocycles. The van der Waals surface area contributed by atoms with E-state index < -0.39 is 12.0 Å². The summed E-state index contributed by atoms with van der Waals surface area (Å²) in [5.74, 6) is -1.36. The lowest BCUT2D eigenvalue weighted by Gasteiger charge is -2.14. The Morgan fingerprint density at radius 1 is 0.837 bits per heavy atom. The second kappa shape index (κ2) is 27.9. The molecule has 3 N–H and O–H groups in total. The third-order valence-corrected chi connectivity index (χ3v) is 8.15. The molecule has 2 heterocycles. The van der Waals surface area contributed by atoms with Crippen LogP contribution in [0.1, 0.15) is 108 Å². The molecule has 1 aliphatic rings. The van der Waals surface area contributed by atoms with Crippen molar-refractivity contribution in [1.82, 2.24) is 20.5 Å². The summed E-state index contributed by atoms with van der Waals surface area (Å²) in [6, 6.07) is 3.17. The molecule has 1 aliphatic heterocycles. The van der Waals surface area contributed by atoms with Gasteiger partial charge < -0.3 is 20.6 Å². The van der Waals surface area contributed by atoms with E-state index in [0.29, 0.717) is 38.6 Å². The highest BCUT2D eigenvalue weighted by Gasteiger charge is 2.19. The molecule has 0 unspecified atom stereocenters. The number of allylic oxidation sites excluding steroid dienone is 10. The molecule has 1 atom stereocenters. The van der Waals surface area contributed by atoms with Crippen molar-refractivity contribution in [2.75, 3.05) is 26.2 Å². The number of aliphatic carboxylic acids is 1. The highest BCUT2D eigenvalue weighted by molar-refractivity contribution is 5.83. The molecular weight excluding hydrogens is 612 g/mol. The lowest BCUT2D eigenvalue weighted by Crippen LogP contribution is -2.40. The number of unbranched alkanes of at least 4 members (excludes halogenated alkanes) is 2. The van der Waals surface area contributed by atoms with Crippen LogP contribution in [0.25, 0.3) is 6.08 Å². The van der Waals surface area contributed by atoms with Crippen LogP contribution in [0.4, 0.5) is 0 Å². The Hall–Kier alpha value is -4.04. The molecule has 49 heavy (non-hydrogen) atoms. The van der Waals surface area contributed by atoms with Gasteiger partial charge in [-0.05, 0) is 102 Å². The van der Waals surface area contributed by atoms with Crippen LogP contribution >= 0.6 is 0 Å². The van der Waals surface area contributed by atoms with Crippen molar-refractivity contribution in [2.45, 2.75) is 109 Å². The summed E-state index contributed by atoms with van der Waals surface area (Å²) in [6.07, 6.45) is 39.0. The van der Waals surface area contributed by atoms with Gasteiger partial charge in [0, 0.05) is 44.2 Å². The summed E-state index contributed by atoms with van der Waals surface area (Å²) >= 11 is 0. The molecule has 268 valence electrons. The zero-order chi connectivity index (χ0) is 35.2. The molecule has 1 fully saturated rings. The van der Waals surface area contributed by atoms with Gasteiger partial charge in [-0.15, -0.1) is 0 Å². The number of pyridine rings is 1. The molecule has 0 aliphatic carbocycles. The molecule has 0 saturated carbocycles. The summed E-state index contributed by atoms with van der Waals surface area (Å²) in [5, 5.41) is 15.1. The number of amides is 2. The number of hydrogen-bond donors (Lipinski definition) is 3. The van der Waals surface area contributed by atoms with Crippen molar-refractivity contribution in [3.8, 4) is 0 Å². The van der Waals surface area contributed by atoms with Gasteiger partial charge in [-0.25, -0.2) is 4.79 Å². The molecule has 8 heteroatoms. The van der Waals surface area contributed by atoms with E-state index in [-0.39, 0.29) is 18.2 Å². The number of carbonyl (C=O) groups is 3. The summed E-state index contributed by atoms with van der Waals surface area (Å²) in [6.45, 7) is 6.05. The van der Waals surface area contributed by atoms with Crippen LogP contribution in [-0.2, 0) is 20.8 Å². The Bertz CT molecular complexity index is 1240. The van der Waals surface area contributed by atoms with Gasteiger partial charge in [0.1, 0.15) is 6.04 Å². The highest BCUT2D eigenvalue weighted by atomic mass is 16.4. The van der Waals surface area contributed by atoms with E-state index in [2.05, 4.69) is 94.3 Å². The first-order valence-corrected chi connectivity index (χ1v) is 18.4. The Labute approximate surface area is 295 Å².